The van der Waals surface area contributed by atoms with Gasteiger partial charge in [0.25, 0.3) is 0 Å². The summed E-state index contributed by atoms with van der Waals surface area (Å²) in [6, 6.07) is 31.6. The van der Waals surface area contributed by atoms with Gasteiger partial charge in [-0.05, 0) is 42.5 Å². The molecule has 5 rings (SSSR count). The molecular weight excluding hydrogens is 512 g/mol. The second-order valence-electron chi connectivity index (χ2n) is 10.2. The number of rotatable bonds is 11. The summed E-state index contributed by atoms with van der Waals surface area (Å²) in [5, 5.41) is 8.58. The first kappa shape index (κ1) is 28.2. The number of esters is 1. The van der Waals surface area contributed by atoms with Crippen LogP contribution in [-0.2, 0) is 26.4 Å². The fourth-order valence-corrected chi connectivity index (χ4v) is 5.71. The monoisotopic (exact) mass is 548 g/mol. The Morgan fingerprint density at radius 1 is 0.902 bits per heavy atom. The molecule has 1 saturated heterocycles. The minimum Gasteiger partial charge on any atom is -0.466 e. The van der Waals surface area contributed by atoms with E-state index in [9.17, 15) is 9.59 Å². The van der Waals surface area contributed by atoms with Crippen molar-refractivity contribution in [1.29, 1.82) is 0 Å². The molecule has 2 heterocycles. The highest BCUT2D eigenvalue weighted by atomic mass is 16.5. The molecule has 1 aliphatic heterocycles. The molecule has 41 heavy (non-hydrogen) atoms. The quantitative estimate of drug-likeness (QED) is 0.104. The second-order valence-corrected chi connectivity index (χ2v) is 10.2. The number of hydrogen-bond donors (Lipinski definition) is 0. The van der Waals surface area contributed by atoms with Crippen molar-refractivity contribution in [2.75, 3.05) is 19.7 Å². The first-order valence-electron chi connectivity index (χ1n) is 14.3. The van der Waals surface area contributed by atoms with Crippen molar-refractivity contribution in [2.24, 2.45) is 0 Å². The Morgan fingerprint density at radius 3 is 2.05 bits per heavy atom. The molecule has 1 fully saturated rings. The normalized spacial score (nSPS) is 15.2. The maximum absolute atomic E-state index is 13.2. The summed E-state index contributed by atoms with van der Waals surface area (Å²) in [5.41, 5.74) is 4.25. The largest absolute Gasteiger partial charge is 0.466 e. The molecule has 3 aromatic carbocycles. The van der Waals surface area contributed by atoms with Gasteiger partial charge in [0.05, 0.1) is 18.3 Å². The van der Waals surface area contributed by atoms with E-state index in [1.807, 2.05) is 37.4 Å². The van der Waals surface area contributed by atoms with E-state index in [1.165, 1.54) is 0 Å². The Bertz CT molecular complexity index is 1370. The van der Waals surface area contributed by atoms with Crippen molar-refractivity contribution in [2.45, 2.75) is 44.7 Å². The maximum atomic E-state index is 13.2. The third-order valence-electron chi connectivity index (χ3n) is 7.58. The van der Waals surface area contributed by atoms with E-state index >= 15 is 0 Å². The van der Waals surface area contributed by atoms with Gasteiger partial charge < -0.3 is 4.74 Å². The van der Waals surface area contributed by atoms with Gasteiger partial charge in [0.15, 0.2) is 5.78 Å². The zero-order chi connectivity index (χ0) is 28.5. The van der Waals surface area contributed by atoms with Crippen LogP contribution >= 0.6 is 0 Å². The lowest BCUT2D eigenvalue weighted by atomic mass is 9.74. The van der Waals surface area contributed by atoms with Crippen LogP contribution in [0.4, 0.5) is 0 Å². The average Bonchev–Trinajstić information content (AvgIpc) is 3.46. The molecule has 0 spiro atoms. The van der Waals surface area contributed by atoms with Crippen LogP contribution in [0.25, 0.3) is 6.08 Å². The Balaban J connectivity index is 1.44. The number of likely N-dealkylation sites (tertiary alicyclic amines) is 1. The molecule has 0 unspecified atom stereocenters. The predicted molar refractivity (Wildman–Crippen MR) is 159 cm³/mol. The summed E-state index contributed by atoms with van der Waals surface area (Å²) >= 11 is 0. The summed E-state index contributed by atoms with van der Waals surface area (Å²) in [7, 11) is 0. The number of hydrogen-bond acceptors (Lipinski definition) is 6. The smallest absolute Gasteiger partial charge is 0.305 e. The molecule has 0 saturated carbocycles. The maximum Gasteiger partial charge on any atom is 0.305 e. The number of carbonyl (C=O) groups is 2. The second kappa shape index (κ2) is 13.3. The molecule has 7 nitrogen and oxygen atoms in total. The summed E-state index contributed by atoms with van der Waals surface area (Å²) in [6.07, 6.45) is 6.07. The number of ketones is 1. The molecule has 7 heteroatoms. The Labute approximate surface area is 241 Å². The first-order chi connectivity index (χ1) is 20.1. The van der Waals surface area contributed by atoms with Crippen LogP contribution < -0.4 is 0 Å². The van der Waals surface area contributed by atoms with E-state index < -0.39 is 5.54 Å². The van der Waals surface area contributed by atoms with E-state index in [0.717, 1.165) is 35.1 Å². The zero-order valence-electron chi connectivity index (χ0n) is 23.5. The minimum absolute atomic E-state index is 0.133. The van der Waals surface area contributed by atoms with Crippen LogP contribution in [0.15, 0.2) is 103 Å². The van der Waals surface area contributed by atoms with Gasteiger partial charge in [-0.3, -0.25) is 19.2 Å². The van der Waals surface area contributed by atoms with Gasteiger partial charge in [-0.2, -0.15) is 0 Å². The zero-order valence-corrected chi connectivity index (χ0v) is 23.5. The summed E-state index contributed by atoms with van der Waals surface area (Å²) < 4.78 is 6.76. The molecule has 210 valence electrons. The summed E-state index contributed by atoms with van der Waals surface area (Å²) in [5.74, 6) is -0.0391. The van der Waals surface area contributed by atoms with E-state index in [0.29, 0.717) is 44.8 Å². The molecule has 0 N–H and O–H groups in total. The molecule has 4 aromatic rings. The van der Waals surface area contributed by atoms with Crippen LogP contribution in [0, 0.1) is 0 Å². The molecule has 0 amide bonds. The number of ether oxygens (including phenoxy) is 1. The van der Waals surface area contributed by atoms with Crippen LogP contribution in [0.5, 0.6) is 0 Å². The highest BCUT2D eigenvalue weighted by Crippen LogP contribution is 2.43. The molecule has 0 atom stereocenters. The van der Waals surface area contributed by atoms with Gasteiger partial charge in [0.2, 0.25) is 0 Å². The van der Waals surface area contributed by atoms with Gasteiger partial charge in [0, 0.05) is 38.0 Å². The van der Waals surface area contributed by atoms with Crippen molar-refractivity contribution < 1.29 is 14.3 Å². The Morgan fingerprint density at radius 2 is 1.49 bits per heavy atom. The molecule has 0 radical (unpaired) electrons. The van der Waals surface area contributed by atoms with Crippen LogP contribution in [0.1, 0.15) is 55.0 Å². The number of unbranched alkanes of at least 4 members (excludes halogenated alkanes) is 1. The van der Waals surface area contributed by atoms with E-state index in [-0.39, 0.29) is 11.8 Å². The SMILES string of the molecule is CCOC(=O)CCCCn1cc(C=C2CN(C(c3ccccc3)(c3ccccc3)c3ccccc3)CCC2=O)nn1. The number of carbonyl (C=O) groups excluding carboxylic acids is 2. The van der Waals surface area contributed by atoms with E-state index in [1.54, 1.807) is 4.68 Å². The van der Waals surface area contributed by atoms with Crippen LogP contribution in [-0.4, -0.2) is 51.3 Å². The summed E-state index contributed by atoms with van der Waals surface area (Å²) in [6.45, 7) is 3.96. The fraction of sp³-hybridized carbons (Fsp3) is 0.294. The molecule has 0 aliphatic carbocycles. The van der Waals surface area contributed by atoms with Crippen molar-refractivity contribution in [3.8, 4) is 0 Å². The topological polar surface area (TPSA) is 77.3 Å². The van der Waals surface area contributed by atoms with Gasteiger partial charge in [-0.25, -0.2) is 0 Å². The number of nitrogens with zero attached hydrogens (tertiary/aromatic N) is 4. The van der Waals surface area contributed by atoms with Crippen molar-refractivity contribution in [3.05, 3.63) is 125 Å². The Kier molecular flexibility index (Phi) is 9.16. The number of benzene rings is 3. The third kappa shape index (κ3) is 6.36. The van der Waals surface area contributed by atoms with Crippen LogP contribution in [0.3, 0.4) is 0 Å². The standard InChI is InChI=1S/C34H36N4O3/c1-2-41-33(40)20-12-13-22-38-26-31(35-36-38)24-27-25-37(23-21-32(27)39)34(28-14-6-3-7-15-28,29-16-8-4-9-17-29)30-18-10-5-11-19-30/h3-11,14-19,24,26H,2,12-13,20-23,25H2,1H3. The van der Waals surface area contributed by atoms with Crippen LogP contribution in [0.2, 0.25) is 0 Å². The fourth-order valence-electron chi connectivity index (χ4n) is 5.71. The highest BCUT2D eigenvalue weighted by Gasteiger charge is 2.44. The van der Waals surface area contributed by atoms with Crippen molar-refractivity contribution in [1.82, 2.24) is 19.9 Å². The number of piperidine rings is 1. The minimum atomic E-state index is -0.583. The Hall–Kier alpha value is -4.36. The average molecular weight is 549 g/mol. The molecule has 1 aromatic heterocycles. The number of aromatic nitrogens is 3. The number of Topliss-reactive ketones (excluding diaryl/α,β-unsaturated/α-hetero) is 1. The van der Waals surface area contributed by atoms with Gasteiger partial charge in [-0.1, -0.05) is 96.2 Å². The van der Waals surface area contributed by atoms with E-state index in [4.69, 9.17) is 4.74 Å². The lowest BCUT2D eigenvalue weighted by molar-refractivity contribution is -0.143. The summed E-state index contributed by atoms with van der Waals surface area (Å²) in [4.78, 5) is 27.2. The number of aryl methyl sites for hydroxylation is 1. The highest BCUT2D eigenvalue weighted by molar-refractivity contribution is 6.00. The molecule has 0 bridgehead atoms. The predicted octanol–water partition coefficient (Wildman–Crippen LogP) is 5.66. The van der Waals surface area contributed by atoms with Gasteiger partial charge in [-0.15, -0.1) is 5.10 Å². The lowest BCUT2D eigenvalue weighted by Crippen LogP contribution is -2.52. The van der Waals surface area contributed by atoms with Crippen molar-refractivity contribution >= 4 is 17.8 Å². The molecule has 1 aliphatic rings. The lowest BCUT2D eigenvalue weighted by Gasteiger charge is -2.47. The van der Waals surface area contributed by atoms with Gasteiger partial charge in [0.1, 0.15) is 5.69 Å². The molecular formula is C34H36N4O3. The first-order valence-corrected chi connectivity index (χ1v) is 14.3. The van der Waals surface area contributed by atoms with Gasteiger partial charge >= 0.3 is 5.97 Å². The third-order valence-corrected chi connectivity index (χ3v) is 7.58. The van der Waals surface area contributed by atoms with Crippen molar-refractivity contribution in [3.63, 3.8) is 0 Å². The van der Waals surface area contributed by atoms with E-state index in [2.05, 4.69) is 88.0 Å².